The summed E-state index contributed by atoms with van der Waals surface area (Å²) < 4.78 is 88.3. The normalized spacial score (nSPS) is 16.8. The van der Waals surface area contributed by atoms with Gasteiger partial charge in [-0.3, -0.25) is 0 Å². The van der Waals surface area contributed by atoms with Crippen LogP contribution in [-0.4, -0.2) is 131 Å². The van der Waals surface area contributed by atoms with E-state index < -0.39 is 53.1 Å². The summed E-state index contributed by atoms with van der Waals surface area (Å²) in [6, 6.07) is 0.978. The Labute approximate surface area is 240 Å². The van der Waals surface area contributed by atoms with Crippen LogP contribution in [0.15, 0.2) is 0 Å². The zero-order valence-corrected chi connectivity index (χ0v) is 32.0. The molecular weight excluding hydrogens is 625 g/mol. The van der Waals surface area contributed by atoms with Crippen LogP contribution in [0.3, 0.4) is 0 Å². The van der Waals surface area contributed by atoms with Gasteiger partial charge in [-0.25, -0.2) is 0 Å². The second-order valence-corrected chi connectivity index (χ2v) is 26.0. The lowest BCUT2D eigenvalue weighted by molar-refractivity contribution is 0.00927. The summed E-state index contributed by atoms with van der Waals surface area (Å²) in [7, 11) is -4.73. The van der Waals surface area contributed by atoms with Crippen molar-refractivity contribution in [1.29, 1.82) is 0 Å². The number of hydrogen-bond donors (Lipinski definition) is 0. The van der Waals surface area contributed by atoms with Crippen LogP contribution >= 0.6 is 0 Å². The second kappa shape index (κ2) is 17.7. The summed E-state index contributed by atoms with van der Waals surface area (Å²) in [5, 5.41) is 0. The molecule has 0 fully saturated rings. The Morgan fingerprint density at radius 3 is 1.08 bits per heavy atom. The minimum atomic E-state index is -3.96. The average Bonchev–Trinajstić information content (AvgIpc) is 2.97. The lowest BCUT2D eigenvalue weighted by Crippen LogP contribution is -2.68. The third kappa shape index (κ3) is 11.0. The van der Waals surface area contributed by atoms with Crippen molar-refractivity contribution in [2.75, 3.05) is 78.2 Å². The fourth-order valence-corrected chi connectivity index (χ4v) is 23.4. The smallest absolute Gasteiger partial charge is 0.378 e. The Hall–Kier alpha value is 0.701. The molecule has 0 heterocycles. The molecule has 0 rings (SSSR count). The van der Waals surface area contributed by atoms with Gasteiger partial charge in [-0.15, -0.1) is 0 Å². The standard InChI is InChI=1S/C18H50O15Si6/c1-15-16-37(25-8,26-9)33-39(28-11,29-12)32-35(14,21-4)31-38(27-10,30-34(13,19-2)20-3)18-17-36(22-5,23-6)24-7/h15-18H2,1-14H3. The van der Waals surface area contributed by atoms with E-state index in [1.165, 1.54) is 78.2 Å². The molecule has 21 heteroatoms. The summed E-state index contributed by atoms with van der Waals surface area (Å²) >= 11 is 0. The van der Waals surface area contributed by atoms with Gasteiger partial charge in [0, 0.05) is 109 Å². The lowest BCUT2D eigenvalue weighted by atomic mass is 10.6. The van der Waals surface area contributed by atoms with E-state index in [4.69, 9.17) is 65.1 Å². The summed E-state index contributed by atoms with van der Waals surface area (Å²) in [6.45, 7) is 5.34. The lowest BCUT2D eigenvalue weighted by Gasteiger charge is -2.42. The third-order valence-electron chi connectivity index (χ3n) is 6.04. The van der Waals surface area contributed by atoms with Crippen LogP contribution < -0.4 is 0 Å². The zero-order valence-electron chi connectivity index (χ0n) is 26.0. The van der Waals surface area contributed by atoms with Gasteiger partial charge >= 0.3 is 53.1 Å². The Bertz CT molecular complexity index is 661. The number of rotatable bonds is 24. The van der Waals surface area contributed by atoms with Gasteiger partial charge in [0.15, 0.2) is 0 Å². The molecule has 15 nitrogen and oxygen atoms in total. The fourth-order valence-electron chi connectivity index (χ4n) is 3.42. The third-order valence-corrected chi connectivity index (χ3v) is 26.5. The molecule has 0 saturated heterocycles. The maximum atomic E-state index is 6.60. The summed E-state index contributed by atoms with van der Waals surface area (Å²) in [5.74, 6) is 0. The van der Waals surface area contributed by atoms with Crippen LogP contribution in [0.25, 0.3) is 0 Å². The van der Waals surface area contributed by atoms with Gasteiger partial charge in [0.25, 0.3) is 0 Å². The van der Waals surface area contributed by atoms with Crippen LogP contribution in [0.5, 0.6) is 0 Å². The maximum Gasteiger partial charge on any atom is 0.664 e. The first-order valence-electron chi connectivity index (χ1n) is 12.1. The molecule has 0 aliphatic rings. The van der Waals surface area contributed by atoms with Crippen molar-refractivity contribution in [3.63, 3.8) is 0 Å². The van der Waals surface area contributed by atoms with Crippen LogP contribution in [0, 0.1) is 0 Å². The van der Waals surface area contributed by atoms with Gasteiger partial charge < -0.3 is 65.1 Å². The van der Waals surface area contributed by atoms with E-state index >= 15 is 0 Å². The van der Waals surface area contributed by atoms with Gasteiger partial charge in [0.2, 0.25) is 0 Å². The largest absolute Gasteiger partial charge is 0.664 e. The van der Waals surface area contributed by atoms with E-state index in [9.17, 15) is 0 Å². The van der Waals surface area contributed by atoms with Gasteiger partial charge in [-0.1, -0.05) is 13.3 Å². The van der Waals surface area contributed by atoms with Gasteiger partial charge in [0.1, 0.15) is 0 Å². The first-order valence-corrected chi connectivity index (χ1v) is 24.0. The Morgan fingerprint density at radius 1 is 0.359 bits per heavy atom. The quantitative estimate of drug-likeness (QED) is 0.138. The van der Waals surface area contributed by atoms with Crippen LogP contribution in [0.2, 0.25) is 31.2 Å². The molecule has 0 radical (unpaired) electrons. The van der Waals surface area contributed by atoms with Gasteiger partial charge in [-0.2, -0.15) is 0 Å². The molecule has 0 saturated carbocycles. The molecule has 236 valence electrons. The minimum absolute atomic E-state index is 0.190. The highest BCUT2D eigenvalue weighted by Gasteiger charge is 2.63. The predicted octanol–water partition coefficient (Wildman–Crippen LogP) is 1.96. The molecule has 0 N–H and O–H groups in total. The van der Waals surface area contributed by atoms with Crippen molar-refractivity contribution in [3.05, 3.63) is 0 Å². The van der Waals surface area contributed by atoms with Gasteiger partial charge in [-0.05, 0) is 0 Å². The topological polar surface area (TPSA) is 138 Å². The fraction of sp³-hybridized carbons (Fsp3) is 1.00. The molecule has 0 aromatic carbocycles. The van der Waals surface area contributed by atoms with E-state index in [2.05, 4.69) is 0 Å². The van der Waals surface area contributed by atoms with Crippen LogP contribution in [0.4, 0.5) is 0 Å². The second-order valence-electron chi connectivity index (χ2n) is 8.18. The van der Waals surface area contributed by atoms with Gasteiger partial charge in [0.05, 0.1) is 0 Å². The zero-order chi connectivity index (χ0) is 30.4. The monoisotopic (exact) mass is 674 g/mol. The minimum Gasteiger partial charge on any atom is -0.378 e. The maximum absolute atomic E-state index is 6.60. The SMILES string of the molecule is CCC[Si](OC)(OC)O[Si](OC)(OC)O[Si](C)(OC)O[Si](CC[Si](OC)(OC)OC)(OC)O[Si](C)(OC)OC. The van der Waals surface area contributed by atoms with E-state index in [0.717, 1.165) is 6.42 Å². The molecule has 0 aliphatic carbocycles. The van der Waals surface area contributed by atoms with Crippen molar-refractivity contribution in [2.45, 2.75) is 44.6 Å². The predicted molar refractivity (Wildman–Crippen MR) is 152 cm³/mol. The summed E-state index contributed by atoms with van der Waals surface area (Å²) in [6.07, 6.45) is 0.732. The molecule has 2 unspecified atom stereocenters. The molecule has 39 heavy (non-hydrogen) atoms. The number of hydrogen-bond acceptors (Lipinski definition) is 15. The molecule has 2 atom stereocenters. The Morgan fingerprint density at radius 2 is 0.744 bits per heavy atom. The van der Waals surface area contributed by atoms with E-state index in [1.807, 2.05) is 6.92 Å². The van der Waals surface area contributed by atoms with E-state index in [1.54, 1.807) is 13.1 Å². The van der Waals surface area contributed by atoms with Crippen molar-refractivity contribution in [1.82, 2.24) is 0 Å². The Kier molecular flexibility index (Phi) is 18.0. The highest BCUT2D eigenvalue weighted by atomic mass is 28.5. The molecule has 0 aromatic heterocycles. The first kappa shape index (κ1) is 39.7. The molecular formula is C18H50O15Si6. The molecule has 0 bridgehead atoms. The molecule has 0 amide bonds. The van der Waals surface area contributed by atoms with Crippen molar-refractivity contribution in [2.24, 2.45) is 0 Å². The van der Waals surface area contributed by atoms with Crippen LogP contribution in [0.1, 0.15) is 13.3 Å². The molecule has 0 spiro atoms. The first-order chi connectivity index (χ1) is 18.3. The molecule has 0 aliphatic heterocycles. The highest BCUT2D eigenvalue weighted by Crippen LogP contribution is 2.33. The van der Waals surface area contributed by atoms with E-state index in [0.29, 0.717) is 6.04 Å². The van der Waals surface area contributed by atoms with E-state index in [-0.39, 0.29) is 12.1 Å². The van der Waals surface area contributed by atoms with Crippen molar-refractivity contribution in [3.8, 4) is 0 Å². The average molecular weight is 675 g/mol. The Balaban J connectivity index is 6.60. The van der Waals surface area contributed by atoms with Crippen molar-refractivity contribution < 1.29 is 65.1 Å². The van der Waals surface area contributed by atoms with Crippen LogP contribution in [-0.2, 0) is 65.1 Å². The molecule has 0 aromatic rings. The van der Waals surface area contributed by atoms with Crippen molar-refractivity contribution >= 4 is 53.1 Å². The highest BCUT2D eigenvalue weighted by molar-refractivity contribution is 6.84. The summed E-state index contributed by atoms with van der Waals surface area (Å²) in [5.41, 5.74) is 0. The summed E-state index contributed by atoms with van der Waals surface area (Å²) in [4.78, 5) is 0.